The largest absolute Gasteiger partial charge is 0.353 e. The maximum Gasteiger partial charge on any atom is 0.321 e. The number of aromatic nitrogens is 3. The Hall–Kier alpha value is -3.35. The molecule has 1 saturated heterocycles. The smallest absolute Gasteiger partial charge is 0.321 e. The molecule has 7 nitrogen and oxygen atoms in total. The Morgan fingerprint density at radius 1 is 0.897 bits per heavy atom. The molecule has 1 N–H and O–H groups in total. The zero-order valence-electron chi connectivity index (χ0n) is 17.1. The molecule has 4 rings (SSSR count). The van der Waals surface area contributed by atoms with Crippen LogP contribution in [0.15, 0.2) is 48.8 Å². The molecular formula is C22H26N6O. The molecule has 1 aliphatic rings. The van der Waals surface area contributed by atoms with Gasteiger partial charge in [0, 0.05) is 50.3 Å². The van der Waals surface area contributed by atoms with Crippen molar-refractivity contribution in [3.8, 4) is 5.82 Å². The molecule has 0 radical (unpaired) electrons. The number of carbonyl (C=O) groups is 1. The van der Waals surface area contributed by atoms with E-state index in [2.05, 4.69) is 34.0 Å². The van der Waals surface area contributed by atoms with Gasteiger partial charge in [-0.2, -0.15) is 0 Å². The van der Waals surface area contributed by atoms with E-state index in [4.69, 9.17) is 0 Å². The Morgan fingerprint density at radius 3 is 2.28 bits per heavy atom. The van der Waals surface area contributed by atoms with E-state index in [0.717, 1.165) is 36.2 Å². The number of nitrogens with one attached hydrogen (secondary N) is 1. The summed E-state index contributed by atoms with van der Waals surface area (Å²) in [6.45, 7) is 8.80. The van der Waals surface area contributed by atoms with Gasteiger partial charge >= 0.3 is 6.03 Å². The van der Waals surface area contributed by atoms with Crippen LogP contribution in [0.3, 0.4) is 0 Å². The van der Waals surface area contributed by atoms with Crippen molar-refractivity contribution in [3.05, 3.63) is 65.7 Å². The Labute approximate surface area is 171 Å². The molecule has 2 amide bonds. The van der Waals surface area contributed by atoms with E-state index >= 15 is 0 Å². The van der Waals surface area contributed by atoms with E-state index in [1.807, 2.05) is 65.2 Å². The number of rotatable bonds is 3. The summed E-state index contributed by atoms with van der Waals surface area (Å²) in [5.41, 5.74) is 3.23. The lowest BCUT2D eigenvalue weighted by molar-refractivity contribution is 0.208. The van der Waals surface area contributed by atoms with Crippen LogP contribution in [0.4, 0.5) is 16.3 Å². The Kier molecular flexibility index (Phi) is 5.20. The van der Waals surface area contributed by atoms with Crippen LogP contribution < -0.4 is 10.2 Å². The normalized spacial score (nSPS) is 14.2. The lowest BCUT2D eigenvalue weighted by atomic mass is 10.1. The molecule has 29 heavy (non-hydrogen) atoms. The quantitative estimate of drug-likeness (QED) is 0.743. The molecule has 3 aromatic rings. The minimum atomic E-state index is -0.0557. The molecule has 0 aliphatic carbocycles. The molecule has 3 heterocycles. The minimum absolute atomic E-state index is 0.0557. The van der Waals surface area contributed by atoms with Gasteiger partial charge in [0.15, 0.2) is 0 Å². The molecule has 0 bridgehead atoms. The van der Waals surface area contributed by atoms with Crippen LogP contribution >= 0.6 is 0 Å². The first-order valence-electron chi connectivity index (χ1n) is 9.87. The van der Waals surface area contributed by atoms with Gasteiger partial charge in [0.2, 0.25) is 0 Å². The second kappa shape index (κ2) is 7.95. The number of anilines is 2. The van der Waals surface area contributed by atoms with Crippen LogP contribution in [0, 0.1) is 20.8 Å². The van der Waals surface area contributed by atoms with E-state index in [0.29, 0.717) is 13.1 Å². The zero-order valence-corrected chi connectivity index (χ0v) is 17.1. The van der Waals surface area contributed by atoms with E-state index in [9.17, 15) is 4.79 Å². The number of piperazine rings is 1. The first kappa shape index (κ1) is 19.0. The van der Waals surface area contributed by atoms with Gasteiger partial charge in [0.25, 0.3) is 0 Å². The van der Waals surface area contributed by atoms with Crippen molar-refractivity contribution in [2.75, 3.05) is 36.4 Å². The lowest BCUT2D eigenvalue weighted by Gasteiger charge is -2.35. The van der Waals surface area contributed by atoms with E-state index in [-0.39, 0.29) is 6.03 Å². The molecule has 1 fully saturated rings. The second-order valence-corrected chi connectivity index (χ2v) is 7.43. The van der Waals surface area contributed by atoms with Crippen molar-refractivity contribution >= 4 is 17.5 Å². The highest BCUT2D eigenvalue weighted by molar-refractivity contribution is 5.89. The SMILES string of the molecule is Cc1nc(N2CCN(C(=O)Nc3ccc(C)c(C)c3)CC2)cc(-n2cccc2)n1. The number of carbonyl (C=O) groups excluding carboxylic acids is 1. The summed E-state index contributed by atoms with van der Waals surface area (Å²) in [6.07, 6.45) is 3.95. The summed E-state index contributed by atoms with van der Waals surface area (Å²) < 4.78 is 1.98. The molecule has 0 spiro atoms. The van der Waals surface area contributed by atoms with Gasteiger partial charge in [-0.3, -0.25) is 0 Å². The number of urea groups is 1. The highest BCUT2D eigenvalue weighted by atomic mass is 16.2. The predicted molar refractivity (Wildman–Crippen MR) is 115 cm³/mol. The van der Waals surface area contributed by atoms with E-state index < -0.39 is 0 Å². The summed E-state index contributed by atoms with van der Waals surface area (Å²) in [7, 11) is 0. The number of nitrogens with zero attached hydrogens (tertiary/aromatic N) is 5. The zero-order chi connectivity index (χ0) is 20.4. The topological polar surface area (TPSA) is 66.3 Å². The molecule has 150 valence electrons. The average molecular weight is 390 g/mol. The fourth-order valence-electron chi connectivity index (χ4n) is 3.48. The Bertz CT molecular complexity index is 1010. The first-order valence-corrected chi connectivity index (χ1v) is 9.87. The van der Waals surface area contributed by atoms with Crippen LogP contribution in [0.2, 0.25) is 0 Å². The Morgan fingerprint density at radius 2 is 1.59 bits per heavy atom. The van der Waals surface area contributed by atoms with Crippen molar-refractivity contribution in [1.29, 1.82) is 0 Å². The third-order valence-corrected chi connectivity index (χ3v) is 5.33. The summed E-state index contributed by atoms with van der Waals surface area (Å²) in [5, 5.41) is 3.01. The monoisotopic (exact) mass is 390 g/mol. The van der Waals surface area contributed by atoms with Crippen LogP contribution in [0.5, 0.6) is 0 Å². The fraction of sp³-hybridized carbons (Fsp3) is 0.318. The third-order valence-electron chi connectivity index (χ3n) is 5.33. The van der Waals surface area contributed by atoms with Crippen LogP contribution in [0.1, 0.15) is 17.0 Å². The van der Waals surface area contributed by atoms with Crippen molar-refractivity contribution in [1.82, 2.24) is 19.4 Å². The summed E-state index contributed by atoms with van der Waals surface area (Å²) in [5.74, 6) is 2.49. The number of hydrogen-bond acceptors (Lipinski definition) is 4. The Balaban J connectivity index is 1.40. The molecule has 1 aromatic carbocycles. The van der Waals surface area contributed by atoms with Gasteiger partial charge in [0.05, 0.1) is 0 Å². The van der Waals surface area contributed by atoms with Gasteiger partial charge in [-0.25, -0.2) is 14.8 Å². The fourth-order valence-corrected chi connectivity index (χ4v) is 3.48. The molecule has 0 saturated carbocycles. The molecule has 1 aliphatic heterocycles. The van der Waals surface area contributed by atoms with Crippen LogP contribution in [-0.2, 0) is 0 Å². The maximum absolute atomic E-state index is 12.6. The number of hydrogen-bond donors (Lipinski definition) is 1. The standard InChI is InChI=1S/C22H26N6O/c1-16-6-7-19(14-17(16)2)25-22(29)28-12-10-27(11-13-28)21-15-20(23-18(3)24-21)26-8-4-5-9-26/h4-9,14-15H,10-13H2,1-3H3,(H,25,29). The van der Waals surface area contributed by atoms with Gasteiger partial charge in [-0.05, 0) is 56.2 Å². The van der Waals surface area contributed by atoms with Crippen molar-refractivity contribution in [2.45, 2.75) is 20.8 Å². The van der Waals surface area contributed by atoms with Gasteiger partial charge in [0.1, 0.15) is 17.5 Å². The van der Waals surface area contributed by atoms with Crippen molar-refractivity contribution in [2.24, 2.45) is 0 Å². The number of aryl methyl sites for hydroxylation is 3. The summed E-state index contributed by atoms with van der Waals surface area (Å²) >= 11 is 0. The maximum atomic E-state index is 12.6. The molecule has 7 heteroatoms. The number of amides is 2. The van der Waals surface area contributed by atoms with Crippen molar-refractivity contribution < 1.29 is 4.79 Å². The predicted octanol–water partition coefficient (Wildman–Crippen LogP) is 3.55. The van der Waals surface area contributed by atoms with Crippen LogP contribution in [-0.4, -0.2) is 51.6 Å². The second-order valence-electron chi connectivity index (χ2n) is 7.43. The van der Waals surface area contributed by atoms with Gasteiger partial charge in [-0.1, -0.05) is 6.07 Å². The molecule has 2 aromatic heterocycles. The average Bonchev–Trinajstić information content (AvgIpc) is 3.25. The highest BCUT2D eigenvalue weighted by Gasteiger charge is 2.22. The summed E-state index contributed by atoms with van der Waals surface area (Å²) in [4.78, 5) is 25.8. The summed E-state index contributed by atoms with van der Waals surface area (Å²) in [6, 6.07) is 11.9. The van der Waals surface area contributed by atoms with E-state index in [1.54, 1.807) is 0 Å². The lowest BCUT2D eigenvalue weighted by Crippen LogP contribution is -2.50. The van der Waals surface area contributed by atoms with Gasteiger partial charge in [-0.15, -0.1) is 0 Å². The molecule has 0 atom stereocenters. The van der Waals surface area contributed by atoms with Crippen LogP contribution in [0.25, 0.3) is 5.82 Å². The van der Waals surface area contributed by atoms with Gasteiger partial charge < -0.3 is 19.7 Å². The number of benzene rings is 1. The van der Waals surface area contributed by atoms with Crippen molar-refractivity contribution in [3.63, 3.8) is 0 Å². The third kappa shape index (κ3) is 4.23. The van der Waals surface area contributed by atoms with E-state index in [1.165, 1.54) is 11.1 Å². The highest BCUT2D eigenvalue weighted by Crippen LogP contribution is 2.19. The molecule has 0 unspecified atom stereocenters. The molecular weight excluding hydrogens is 364 g/mol. The first-order chi connectivity index (χ1) is 14.0. The minimum Gasteiger partial charge on any atom is -0.353 e.